The molecule has 1 unspecified atom stereocenters. The lowest BCUT2D eigenvalue weighted by molar-refractivity contribution is -0.144. The molecule has 0 saturated heterocycles. The second kappa shape index (κ2) is 6.94. The zero-order valence-corrected chi connectivity index (χ0v) is 14.0. The molecule has 1 atom stereocenters. The summed E-state index contributed by atoms with van der Waals surface area (Å²) in [5, 5.41) is 11.9. The normalized spacial score (nSPS) is 12.7. The van der Waals surface area contributed by atoms with Gasteiger partial charge in [-0.3, -0.25) is 4.79 Å². The molecular weight excluding hydrogens is 384 g/mol. The number of rotatable bonds is 4. The second-order valence-electron chi connectivity index (χ2n) is 5.23. The first-order valence-electron chi connectivity index (χ1n) is 6.98. The summed E-state index contributed by atoms with van der Waals surface area (Å²) in [7, 11) is 0. The van der Waals surface area contributed by atoms with Crippen LogP contribution in [0.1, 0.15) is 18.1 Å². The Kier molecular flexibility index (Phi) is 5.26. The van der Waals surface area contributed by atoms with Crippen LogP contribution in [0.15, 0.2) is 23.1 Å². The van der Waals surface area contributed by atoms with E-state index in [0.717, 1.165) is 19.1 Å². The molecule has 2 aromatic rings. The molecule has 1 N–H and O–H groups in total. The van der Waals surface area contributed by atoms with Gasteiger partial charge in [0.1, 0.15) is 11.4 Å². The van der Waals surface area contributed by atoms with Crippen molar-refractivity contribution in [2.45, 2.75) is 26.1 Å². The number of halogens is 5. The summed E-state index contributed by atoms with van der Waals surface area (Å²) in [6.07, 6.45) is -5.74. The number of aromatic nitrogens is 2. The number of ether oxygens (including phenoxy) is 1. The van der Waals surface area contributed by atoms with Crippen LogP contribution >= 0.6 is 11.6 Å². The lowest BCUT2D eigenvalue weighted by Gasteiger charge is -2.15. The van der Waals surface area contributed by atoms with Crippen LogP contribution in [0.2, 0.25) is 5.02 Å². The van der Waals surface area contributed by atoms with E-state index < -0.39 is 46.4 Å². The molecule has 1 heterocycles. The van der Waals surface area contributed by atoms with Crippen LogP contribution in [-0.2, 0) is 11.0 Å². The van der Waals surface area contributed by atoms with Crippen molar-refractivity contribution in [1.29, 1.82) is 0 Å². The fourth-order valence-electron chi connectivity index (χ4n) is 2.01. The molecule has 0 fully saturated rings. The third kappa shape index (κ3) is 3.79. The van der Waals surface area contributed by atoms with Crippen molar-refractivity contribution in [3.8, 4) is 11.4 Å². The Hall–Kier alpha value is -2.62. The Morgan fingerprint density at radius 3 is 2.54 bits per heavy atom. The fourth-order valence-corrected chi connectivity index (χ4v) is 2.20. The van der Waals surface area contributed by atoms with Gasteiger partial charge in [0.15, 0.2) is 11.9 Å². The van der Waals surface area contributed by atoms with E-state index in [1.807, 2.05) is 0 Å². The SMILES string of the molecule is Cc1c(C(F)(F)F)cnn(-c2cc(OC(C)C(=O)O)c(Cl)cc2F)c1=O. The standard InChI is InChI=1S/C15H11ClF4N2O4/c1-6-8(15(18,19)20)5-21-22(13(6)23)11-4-12(9(16)3-10(11)17)26-7(2)14(24)25/h3-5,7H,1-2H3,(H,24,25). The monoisotopic (exact) mass is 394 g/mol. The molecule has 1 aromatic carbocycles. The van der Waals surface area contributed by atoms with E-state index in [2.05, 4.69) is 5.10 Å². The van der Waals surface area contributed by atoms with Gasteiger partial charge >= 0.3 is 12.1 Å². The van der Waals surface area contributed by atoms with E-state index in [1.54, 1.807) is 0 Å². The van der Waals surface area contributed by atoms with Gasteiger partial charge in [0.05, 0.1) is 16.8 Å². The molecule has 0 aliphatic heterocycles. The molecule has 6 nitrogen and oxygen atoms in total. The minimum Gasteiger partial charge on any atom is -0.479 e. The maximum absolute atomic E-state index is 14.2. The zero-order valence-electron chi connectivity index (χ0n) is 13.3. The largest absolute Gasteiger partial charge is 0.479 e. The summed E-state index contributed by atoms with van der Waals surface area (Å²) in [6, 6.07) is 1.63. The van der Waals surface area contributed by atoms with Crippen molar-refractivity contribution in [3.63, 3.8) is 0 Å². The van der Waals surface area contributed by atoms with Crippen LogP contribution in [0.4, 0.5) is 17.6 Å². The van der Waals surface area contributed by atoms with E-state index in [9.17, 15) is 27.2 Å². The molecule has 0 aliphatic rings. The molecule has 0 spiro atoms. The van der Waals surface area contributed by atoms with Crippen molar-refractivity contribution >= 4 is 17.6 Å². The summed E-state index contributed by atoms with van der Waals surface area (Å²) in [4.78, 5) is 23.0. The van der Waals surface area contributed by atoms with E-state index in [1.165, 1.54) is 6.92 Å². The van der Waals surface area contributed by atoms with Crippen LogP contribution in [0, 0.1) is 12.7 Å². The van der Waals surface area contributed by atoms with Crippen LogP contribution in [0.25, 0.3) is 5.69 Å². The highest BCUT2D eigenvalue weighted by Crippen LogP contribution is 2.32. The van der Waals surface area contributed by atoms with Gasteiger partial charge < -0.3 is 9.84 Å². The summed E-state index contributed by atoms with van der Waals surface area (Å²) in [6.45, 7) is 2.12. The summed E-state index contributed by atoms with van der Waals surface area (Å²) in [5.41, 5.74) is -3.66. The predicted octanol–water partition coefficient (Wildman–Crippen LogP) is 3.20. The second-order valence-corrected chi connectivity index (χ2v) is 5.64. The Balaban J connectivity index is 2.61. The quantitative estimate of drug-likeness (QED) is 0.805. The molecule has 0 aliphatic carbocycles. The number of carboxylic acid groups (broad SMARTS) is 1. The van der Waals surface area contributed by atoms with Crippen LogP contribution in [-0.4, -0.2) is 27.0 Å². The maximum Gasteiger partial charge on any atom is 0.418 e. The Labute approximate surface area is 148 Å². The minimum absolute atomic E-state index is 0.274. The van der Waals surface area contributed by atoms with E-state index in [-0.39, 0.29) is 10.8 Å². The van der Waals surface area contributed by atoms with E-state index >= 15 is 0 Å². The van der Waals surface area contributed by atoms with Crippen molar-refractivity contribution in [3.05, 3.63) is 50.7 Å². The number of hydrogen-bond acceptors (Lipinski definition) is 4. The first-order valence-corrected chi connectivity index (χ1v) is 7.36. The average Bonchev–Trinajstić information content (AvgIpc) is 2.51. The highest BCUT2D eigenvalue weighted by atomic mass is 35.5. The van der Waals surface area contributed by atoms with Crippen molar-refractivity contribution in [2.24, 2.45) is 0 Å². The number of carboxylic acids is 1. The molecule has 26 heavy (non-hydrogen) atoms. The molecule has 0 amide bonds. The predicted molar refractivity (Wildman–Crippen MR) is 82.3 cm³/mol. The van der Waals surface area contributed by atoms with Gasteiger partial charge in [-0.15, -0.1) is 0 Å². The van der Waals surface area contributed by atoms with Crippen molar-refractivity contribution in [2.75, 3.05) is 0 Å². The Bertz CT molecular complexity index is 927. The van der Waals surface area contributed by atoms with Gasteiger partial charge in [0.25, 0.3) is 5.56 Å². The minimum atomic E-state index is -4.79. The molecule has 0 bridgehead atoms. The van der Waals surface area contributed by atoms with Gasteiger partial charge in [-0.25, -0.2) is 9.18 Å². The molecule has 0 saturated carbocycles. The molecule has 1 aromatic heterocycles. The van der Waals surface area contributed by atoms with E-state index in [0.29, 0.717) is 10.9 Å². The molecule has 2 rings (SSSR count). The highest BCUT2D eigenvalue weighted by molar-refractivity contribution is 6.32. The van der Waals surface area contributed by atoms with Gasteiger partial charge in [-0.2, -0.15) is 23.0 Å². The first-order chi connectivity index (χ1) is 11.9. The van der Waals surface area contributed by atoms with Crippen LogP contribution < -0.4 is 10.3 Å². The Morgan fingerprint density at radius 2 is 2.00 bits per heavy atom. The first kappa shape index (κ1) is 19.7. The number of carbonyl (C=O) groups is 1. The lowest BCUT2D eigenvalue weighted by Crippen LogP contribution is -2.28. The summed E-state index contributed by atoms with van der Waals surface area (Å²) < 4.78 is 58.1. The molecular formula is C15H11ClF4N2O4. The number of hydrogen-bond donors (Lipinski definition) is 1. The fraction of sp³-hybridized carbons (Fsp3) is 0.267. The van der Waals surface area contributed by atoms with Crippen LogP contribution in [0.5, 0.6) is 5.75 Å². The van der Waals surface area contributed by atoms with Gasteiger partial charge in [0.2, 0.25) is 0 Å². The molecule has 0 radical (unpaired) electrons. The topological polar surface area (TPSA) is 81.4 Å². The van der Waals surface area contributed by atoms with Gasteiger partial charge in [-0.05, 0) is 19.9 Å². The van der Waals surface area contributed by atoms with Crippen LogP contribution in [0.3, 0.4) is 0 Å². The zero-order chi connectivity index (χ0) is 19.8. The number of aliphatic carboxylic acids is 1. The average molecular weight is 395 g/mol. The maximum atomic E-state index is 14.2. The van der Waals surface area contributed by atoms with Gasteiger partial charge in [0, 0.05) is 11.6 Å². The number of alkyl halides is 3. The van der Waals surface area contributed by atoms with Crippen molar-refractivity contribution < 1.29 is 32.2 Å². The lowest BCUT2D eigenvalue weighted by atomic mass is 10.2. The van der Waals surface area contributed by atoms with Crippen molar-refractivity contribution in [1.82, 2.24) is 9.78 Å². The summed E-state index contributed by atoms with van der Waals surface area (Å²) >= 11 is 5.78. The summed E-state index contributed by atoms with van der Waals surface area (Å²) in [5.74, 6) is -2.66. The smallest absolute Gasteiger partial charge is 0.418 e. The third-order valence-electron chi connectivity index (χ3n) is 3.41. The highest BCUT2D eigenvalue weighted by Gasteiger charge is 2.34. The molecule has 140 valence electrons. The molecule has 11 heteroatoms. The van der Waals surface area contributed by atoms with Gasteiger partial charge in [-0.1, -0.05) is 11.6 Å². The number of benzene rings is 1. The van der Waals surface area contributed by atoms with E-state index in [4.69, 9.17) is 21.4 Å². The Morgan fingerprint density at radius 1 is 1.38 bits per heavy atom. The third-order valence-corrected chi connectivity index (χ3v) is 3.70. The number of nitrogens with zero attached hydrogens (tertiary/aromatic N) is 2.